The summed E-state index contributed by atoms with van der Waals surface area (Å²) < 4.78 is 1.83. The molecule has 0 aliphatic heterocycles. The van der Waals surface area contributed by atoms with Gasteiger partial charge in [-0.15, -0.1) is 0 Å². The topological polar surface area (TPSA) is 59.8 Å². The van der Waals surface area contributed by atoms with Crippen molar-refractivity contribution in [2.45, 2.75) is 20.4 Å². The summed E-state index contributed by atoms with van der Waals surface area (Å²) in [5, 5.41) is 7.47. The van der Waals surface area contributed by atoms with Crippen molar-refractivity contribution in [3.63, 3.8) is 0 Å². The highest BCUT2D eigenvalue weighted by Crippen LogP contribution is 2.15. The molecule has 5 nitrogen and oxygen atoms in total. The molecule has 0 aliphatic carbocycles. The molecule has 0 saturated carbocycles. The zero-order chi connectivity index (χ0) is 16.9. The fourth-order valence-electron chi connectivity index (χ4n) is 2.52. The zero-order valence-corrected chi connectivity index (χ0v) is 13.9. The smallest absolute Gasteiger partial charge is 0.251 e. The molecule has 2 heterocycles. The maximum atomic E-state index is 12.3. The Labute approximate surface area is 141 Å². The Bertz CT molecular complexity index is 840. The van der Waals surface area contributed by atoms with E-state index < -0.39 is 0 Å². The van der Waals surface area contributed by atoms with Crippen LogP contribution < -0.4 is 5.32 Å². The number of hydrogen-bond acceptors (Lipinski definition) is 3. The third-order valence-electron chi connectivity index (χ3n) is 3.88. The number of carbonyl (C=O) groups excluding carboxylic acids is 1. The molecule has 0 atom stereocenters. The highest BCUT2D eigenvalue weighted by atomic mass is 16.1. The molecule has 3 rings (SSSR count). The molecule has 0 fully saturated rings. The number of hydrogen-bond donors (Lipinski definition) is 1. The van der Waals surface area contributed by atoms with Crippen LogP contribution in [0.25, 0.3) is 11.3 Å². The van der Waals surface area contributed by atoms with Crippen molar-refractivity contribution in [1.29, 1.82) is 0 Å². The second-order valence-corrected chi connectivity index (χ2v) is 5.77. The molecule has 122 valence electrons. The summed E-state index contributed by atoms with van der Waals surface area (Å²) >= 11 is 0. The molecule has 0 saturated heterocycles. The van der Waals surface area contributed by atoms with Crippen molar-refractivity contribution >= 4 is 5.91 Å². The average Bonchev–Trinajstić information content (AvgIpc) is 3.06. The van der Waals surface area contributed by atoms with E-state index in [2.05, 4.69) is 15.4 Å². The van der Waals surface area contributed by atoms with Crippen molar-refractivity contribution in [3.8, 4) is 11.3 Å². The third kappa shape index (κ3) is 3.68. The van der Waals surface area contributed by atoms with Crippen LogP contribution in [0.15, 0.2) is 55.0 Å². The second kappa shape index (κ2) is 7.08. The van der Waals surface area contributed by atoms with E-state index in [4.69, 9.17) is 0 Å². The lowest BCUT2D eigenvalue weighted by molar-refractivity contribution is 0.0951. The lowest BCUT2D eigenvalue weighted by Gasteiger charge is -2.08. The van der Waals surface area contributed by atoms with E-state index in [1.54, 1.807) is 12.4 Å². The van der Waals surface area contributed by atoms with Gasteiger partial charge >= 0.3 is 0 Å². The maximum absolute atomic E-state index is 12.3. The highest BCUT2D eigenvalue weighted by Gasteiger charge is 2.09. The summed E-state index contributed by atoms with van der Waals surface area (Å²) in [6, 6.07) is 11.7. The van der Waals surface area contributed by atoms with Crippen LogP contribution in [0.1, 0.15) is 21.5 Å². The summed E-state index contributed by atoms with van der Waals surface area (Å²) in [7, 11) is 0. The van der Waals surface area contributed by atoms with Crippen LogP contribution in [0.3, 0.4) is 0 Å². The molecule has 1 N–H and O–H groups in total. The monoisotopic (exact) mass is 320 g/mol. The largest absolute Gasteiger partial charge is 0.350 e. The van der Waals surface area contributed by atoms with Crippen molar-refractivity contribution < 1.29 is 4.79 Å². The molecule has 2 aromatic heterocycles. The lowest BCUT2D eigenvalue weighted by Crippen LogP contribution is -2.28. The summed E-state index contributed by atoms with van der Waals surface area (Å²) in [5.41, 5.74) is 4.73. The summed E-state index contributed by atoms with van der Waals surface area (Å²) in [4.78, 5) is 16.3. The summed E-state index contributed by atoms with van der Waals surface area (Å²) in [6.07, 6.45) is 5.41. The van der Waals surface area contributed by atoms with Gasteiger partial charge in [-0.1, -0.05) is 17.7 Å². The van der Waals surface area contributed by atoms with Crippen molar-refractivity contribution in [1.82, 2.24) is 20.1 Å². The first-order valence-corrected chi connectivity index (χ1v) is 7.93. The molecule has 0 radical (unpaired) electrons. The van der Waals surface area contributed by atoms with Crippen molar-refractivity contribution in [2.75, 3.05) is 6.54 Å². The van der Waals surface area contributed by atoms with Gasteiger partial charge in [0.1, 0.15) is 0 Å². The van der Waals surface area contributed by atoms with Crippen LogP contribution in [0.5, 0.6) is 0 Å². The number of aryl methyl sites for hydroxylation is 2. The molecule has 24 heavy (non-hydrogen) atoms. The Morgan fingerprint density at radius 3 is 2.71 bits per heavy atom. The second-order valence-electron chi connectivity index (χ2n) is 5.77. The van der Waals surface area contributed by atoms with Gasteiger partial charge < -0.3 is 5.32 Å². The van der Waals surface area contributed by atoms with E-state index in [1.807, 2.05) is 61.1 Å². The van der Waals surface area contributed by atoms with Gasteiger partial charge in [0.15, 0.2) is 0 Å². The van der Waals surface area contributed by atoms with Crippen molar-refractivity contribution in [2.24, 2.45) is 0 Å². The number of amides is 1. The van der Waals surface area contributed by atoms with Gasteiger partial charge in [0, 0.05) is 36.3 Å². The van der Waals surface area contributed by atoms with E-state index in [0.29, 0.717) is 13.1 Å². The van der Waals surface area contributed by atoms with Gasteiger partial charge in [-0.25, -0.2) is 0 Å². The number of nitrogens with zero attached hydrogens (tertiary/aromatic N) is 3. The first-order valence-electron chi connectivity index (χ1n) is 7.93. The fraction of sp³-hybridized carbons (Fsp3) is 0.211. The molecular formula is C19H20N4O. The molecule has 1 amide bonds. The van der Waals surface area contributed by atoms with Crippen LogP contribution in [0, 0.1) is 13.8 Å². The molecule has 3 aromatic rings. The molecule has 0 aliphatic rings. The van der Waals surface area contributed by atoms with Gasteiger partial charge in [-0.05, 0) is 43.7 Å². The number of carbonyl (C=O) groups is 1. The Hall–Kier alpha value is -2.95. The van der Waals surface area contributed by atoms with Gasteiger partial charge in [0.2, 0.25) is 0 Å². The minimum Gasteiger partial charge on any atom is -0.350 e. The predicted octanol–water partition coefficient (Wildman–Crippen LogP) is 2.99. The maximum Gasteiger partial charge on any atom is 0.251 e. The van der Waals surface area contributed by atoms with E-state index in [0.717, 1.165) is 27.9 Å². The Balaban J connectivity index is 1.58. The zero-order valence-electron chi connectivity index (χ0n) is 13.9. The van der Waals surface area contributed by atoms with E-state index in [1.165, 1.54) is 0 Å². The number of benzene rings is 1. The average molecular weight is 320 g/mol. The normalized spacial score (nSPS) is 10.6. The minimum atomic E-state index is -0.0438. The number of rotatable bonds is 5. The third-order valence-corrected chi connectivity index (χ3v) is 3.88. The van der Waals surface area contributed by atoms with Gasteiger partial charge in [0.25, 0.3) is 5.91 Å². The van der Waals surface area contributed by atoms with E-state index in [-0.39, 0.29) is 5.91 Å². The Kier molecular flexibility index (Phi) is 4.70. The Morgan fingerprint density at radius 2 is 1.92 bits per heavy atom. The number of aromatic nitrogens is 3. The molecule has 1 aromatic carbocycles. The van der Waals surface area contributed by atoms with Crippen LogP contribution in [-0.2, 0) is 6.54 Å². The highest BCUT2D eigenvalue weighted by molar-refractivity contribution is 5.95. The summed E-state index contributed by atoms with van der Waals surface area (Å²) in [6.45, 7) is 5.09. The molecule has 5 heteroatoms. The lowest BCUT2D eigenvalue weighted by atomic mass is 10.1. The number of pyridine rings is 1. The first-order chi connectivity index (χ1) is 11.6. The summed E-state index contributed by atoms with van der Waals surface area (Å²) in [5.74, 6) is -0.0438. The van der Waals surface area contributed by atoms with E-state index in [9.17, 15) is 4.79 Å². The molecule has 0 unspecified atom stereocenters. The quantitative estimate of drug-likeness (QED) is 0.786. The minimum absolute atomic E-state index is 0.0438. The molecule has 0 bridgehead atoms. The van der Waals surface area contributed by atoms with Crippen LogP contribution in [0.2, 0.25) is 0 Å². The van der Waals surface area contributed by atoms with Gasteiger partial charge in [-0.3, -0.25) is 14.5 Å². The SMILES string of the molecule is Cc1ccc(C)c(C(=O)NCCn2ccc(-c3ccncc3)n2)c1. The predicted molar refractivity (Wildman–Crippen MR) is 93.7 cm³/mol. The molecule has 0 spiro atoms. The first kappa shape index (κ1) is 15.9. The van der Waals surface area contributed by atoms with Crippen LogP contribution in [-0.4, -0.2) is 27.2 Å². The fourth-order valence-corrected chi connectivity index (χ4v) is 2.52. The molecular weight excluding hydrogens is 300 g/mol. The van der Waals surface area contributed by atoms with Crippen molar-refractivity contribution in [3.05, 3.63) is 71.7 Å². The number of nitrogens with one attached hydrogen (secondary N) is 1. The van der Waals surface area contributed by atoms with Crippen LogP contribution >= 0.6 is 0 Å². The van der Waals surface area contributed by atoms with Crippen LogP contribution in [0.4, 0.5) is 0 Å². The van der Waals surface area contributed by atoms with Gasteiger partial charge in [0.05, 0.1) is 12.2 Å². The Morgan fingerprint density at radius 1 is 1.12 bits per heavy atom. The standard InChI is InChI=1S/C19H20N4O/c1-14-3-4-15(2)17(13-14)19(24)21-10-12-23-11-7-18(22-23)16-5-8-20-9-6-16/h3-9,11,13H,10,12H2,1-2H3,(H,21,24). The van der Waals surface area contributed by atoms with E-state index >= 15 is 0 Å². The van der Waals surface area contributed by atoms with Gasteiger partial charge in [-0.2, -0.15) is 5.10 Å².